The van der Waals surface area contributed by atoms with Gasteiger partial charge in [0.1, 0.15) is 17.2 Å². The lowest BCUT2D eigenvalue weighted by Crippen LogP contribution is -2.29. The predicted molar refractivity (Wildman–Crippen MR) is 141 cm³/mol. The van der Waals surface area contributed by atoms with Gasteiger partial charge < -0.3 is 9.84 Å². The van der Waals surface area contributed by atoms with Crippen LogP contribution in [0.5, 0.6) is 0 Å². The minimum absolute atomic E-state index is 0.0298. The van der Waals surface area contributed by atoms with Gasteiger partial charge in [-0.2, -0.15) is 0 Å². The molecule has 1 aromatic carbocycles. The normalized spacial score (nSPS) is 17.2. The monoisotopic (exact) mass is 517 g/mol. The van der Waals surface area contributed by atoms with Crippen molar-refractivity contribution in [2.24, 2.45) is 0 Å². The Morgan fingerprint density at radius 1 is 1.16 bits per heavy atom. The number of ketones is 1. The fraction of sp³-hybridized carbons (Fsp3) is 0.250. The quantitative estimate of drug-likeness (QED) is 0.159. The SMILES string of the molecule is C=CCOC(=O)c1sc(N2C(=O)C(=O)C(=C(O)c3ccncc3)C2c2ccc(C(C)(C)C)cc2)nc1C. The number of aryl methyl sites for hydroxylation is 1. The highest BCUT2D eigenvalue weighted by Crippen LogP contribution is 2.44. The average Bonchev–Trinajstić information content (AvgIpc) is 3.39. The molecule has 1 unspecified atom stereocenters. The first-order valence-electron chi connectivity index (χ1n) is 11.6. The number of carbonyl (C=O) groups excluding carboxylic acids is 3. The third kappa shape index (κ3) is 4.95. The summed E-state index contributed by atoms with van der Waals surface area (Å²) in [5.41, 5.74) is 2.24. The Bertz CT molecular complexity index is 1400. The lowest BCUT2D eigenvalue weighted by molar-refractivity contribution is -0.132. The number of carbonyl (C=O) groups is 3. The van der Waals surface area contributed by atoms with Crippen LogP contribution in [0.2, 0.25) is 0 Å². The van der Waals surface area contributed by atoms with Crippen LogP contribution in [-0.4, -0.2) is 39.3 Å². The summed E-state index contributed by atoms with van der Waals surface area (Å²) in [6, 6.07) is 9.71. The fourth-order valence-electron chi connectivity index (χ4n) is 4.05. The summed E-state index contributed by atoms with van der Waals surface area (Å²) in [6.45, 7) is 11.5. The van der Waals surface area contributed by atoms with E-state index < -0.39 is 23.7 Å². The molecule has 8 nitrogen and oxygen atoms in total. The smallest absolute Gasteiger partial charge is 0.350 e. The van der Waals surface area contributed by atoms with Crippen LogP contribution in [0, 0.1) is 6.92 Å². The van der Waals surface area contributed by atoms with Gasteiger partial charge in [-0.3, -0.25) is 19.5 Å². The van der Waals surface area contributed by atoms with Crippen molar-refractivity contribution in [3.05, 3.63) is 94.3 Å². The van der Waals surface area contributed by atoms with Gasteiger partial charge in [0, 0.05) is 18.0 Å². The molecule has 0 radical (unpaired) electrons. The molecule has 4 rings (SSSR count). The Kier molecular flexibility index (Phi) is 7.09. The minimum atomic E-state index is -0.954. The molecule has 0 bridgehead atoms. The highest BCUT2D eigenvalue weighted by molar-refractivity contribution is 7.17. The second kappa shape index (κ2) is 10.1. The number of hydrogen-bond acceptors (Lipinski definition) is 8. The number of esters is 1. The molecule has 190 valence electrons. The molecule has 0 spiro atoms. The molecule has 3 aromatic rings. The third-order valence-electron chi connectivity index (χ3n) is 6.00. The number of amides is 1. The summed E-state index contributed by atoms with van der Waals surface area (Å²) in [4.78, 5) is 49.1. The van der Waals surface area contributed by atoms with Gasteiger partial charge in [-0.1, -0.05) is 69.0 Å². The Balaban J connectivity index is 1.88. The largest absolute Gasteiger partial charge is 0.507 e. The van der Waals surface area contributed by atoms with Gasteiger partial charge in [-0.05, 0) is 35.6 Å². The minimum Gasteiger partial charge on any atom is -0.507 e. The van der Waals surface area contributed by atoms with E-state index >= 15 is 0 Å². The molecule has 0 saturated carbocycles. The molecule has 1 aliphatic rings. The van der Waals surface area contributed by atoms with Crippen LogP contribution >= 0.6 is 11.3 Å². The van der Waals surface area contributed by atoms with Crippen LogP contribution in [0.1, 0.15) is 58.9 Å². The number of pyridine rings is 1. The first kappa shape index (κ1) is 26.0. The van der Waals surface area contributed by atoms with E-state index in [2.05, 4.69) is 37.3 Å². The van der Waals surface area contributed by atoms with E-state index in [0.29, 0.717) is 16.8 Å². The van der Waals surface area contributed by atoms with E-state index in [1.165, 1.54) is 23.4 Å². The van der Waals surface area contributed by atoms with E-state index in [9.17, 15) is 19.5 Å². The Labute approximate surface area is 219 Å². The van der Waals surface area contributed by atoms with Gasteiger partial charge in [0.15, 0.2) is 5.13 Å². The number of aromatic nitrogens is 2. The lowest BCUT2D eigenvalue weighted by atomic mass is 9.85. The van der Waals surface area contributed by atoms with Crippen molar-refractivity contribution in [2.75, 3.05) is 11.5 Å². The standard InChI is InChI=1S/C28H27N3O5S/c1-6-15-36-26(35)24-16(2)30-27(37-24)31-21(17-7-9-19(10-8-17)28(3,4)5)20(23(33)25(31)34)22(32)18-11-13-29-14-12-18/h6-14,21,32H,1,15H2,2-5H3. The van der Waals surface area contributed by atoms with Crippen molar-refractivity contribution in [3.63, 3.8) is 0 Å². The van der Waals surface area contributed by atoms with Gasteiger partial charge >= 0.3 is 11.9 Å². The van der Waals surface area contributed by atoms with E-state index in [1.807, 2.05) is 24.3 Å². The number of aliphatic hydroxyl groups excluding tert-OH is 1. The topological polar surface area (TPSA) is 110 Å². The zero-order valence-corrected chi connectivity index (χ0v) is 21.8. The first-order valence-corrected chi connectivity index (χ1v) is 12.4. The third-order valence-corrected chi connectivity index (χ3v) is 7.14. The molecule has 1 saturated heterocycles. The Morgan fingerprint density at radius 2 is 1.81 bits per heavy atom. The fourth-order valence-corrected chi connectivity index (χ4v) is 5.04. The molecule has 1 atom stereocenters. The number of benzene rings is 1. The number of thiazole rings is 1. The number of nitrogens with zero attached hydrogens (tertiary/aromatic N) is 3. The molecule has 3 heterocycles. The zero-order chi connectivity index (χ0) is 26.9. The van der Waals surface area contributed by atoms with E-state index in [1.54, 1.807) is 19.1 Å². The van der Waals surface area contributed by atoms with Crippen LogP contribution in [0.15, 0.2) is 67.0 Å². The van der Waals surface area contributed by atoms with Crippen LogP contribution in [0.3, 0.4) is 0 Å². The van der Waals surface area contributed by atoms with Crippen molar-refractivity contribution < 1.29 is 24.2 Å². The zero-order valence-electron chi connectivity index (χ0n) is 21.0. The summed E-state index contributed by atoms with van der Waals surface area (Å²) in [6.07, 6.45) is 4.43. The maximum atomic E-state index is 13.4. The number of rotatable bonds is 6. The number of hydrogen-bond donors (Lipinski definition) is 1. The molecule has 1 fully saturated rings. The van der Waals surface area contributed by atoms with Crippen molar-refractivity contribution in [1.29, 1.82) is 0 Å². The Hall–Kier alpha value is -4.11. The first-order chi connectivity index (χ1) is 17.5. The van der Waals surface area contributed by atoms with Gasteiger partial charge in [-0.25, -0.2) is 9.78 Å². The highest BCUT2D eigenvalue weighted by atomic mass is 32.1. The summed E-state index contributed by atoms with van der Waals surface area (Å²) in [5.74, 6) is -2.60. The maximum Gasteiger partial charge on any atom is 0.350 e. The average molecular weight is 518 g/mol. The van der Waals surface area contributed by atoms with Crippen LogP contribution in [0.4, 0.5) is 5.13 Å². The molecule has 1 N–H and O–H groups in total. The van der Waals surface area contributed by atoms with E-state index in [0.717, 1.165) is 16.9 Å². The van der Waals surface area contributed by atoms with Gasteiger partial charge in [-0.15, -0.1) is 0 Å². The van der Waals surface area contributed by atoms with E-state index in [-0.39, 0.29) is 33.4 Å². The van der Waals surface area contributed by atoms with Gasteiger partial charge in [0.2, 0.25) is 0 Å². The molecule has 2 aromatic heterocycles. The summed E-state index contributed by atoms with van der Waals surface area (Å²) in [5, 5.41) is 11.3. The van der Waals surface area contributed by atoms with Crippen LogP contribution in [0.25, 0.3) is 5.76 Å². The van der Waals surface area contributed by atoms with Crippen molar-refractivity contribution in [1.82, 2.24) is 9.97 Å². The van der Waals surface area contributed by atoms with E-state index in [4.69, 9.17) is 4.74 Å². The molecule has 1 amide bonds. The second-order valence-electron chi connectivity index (χ2n) is 9.58. The summed E-state index contributed by atoms with van der Waals surface area (Å²) in [7, 11) is 0. The number of anilines is 1. The van der Waals surface area contributed by atoms with Gasteiger partial charge in [0.05, 0.1) is 17.3 Å². The van der Waals surface area contributed by atoms with Crippen molar-refractivity contribution >= 4 is 39.9 Å². The molecule has 0 aliphatic carbocycles. The molecule has 37 heavy (non-hydrogen) atoms. The summed E-state index contributed by atoms with van der Waals surface area (Å²) < 4.78 is 5.14. The summed E-state index contributed by atoms with van der Waals surface area (Å²) >= 11 is 0.955. The number of aliphatic hydroxyl groups is 1. The molecular weight excluding hydrogens is 490 g/mol. The predicted octanol–water partition coefficient (Wildman–Crippen LogP) is 5.11. The van der Waals surface area contributed by atoms with Crippen molar-refractivity contribution in [3.8, 4) is 0 Å². The van der Waals surface area contributed by atoms with Crippen LogP contribution < -0.4 is 4.90 Å². The second-order valence-corrected chi connectivity index (χ2v) is 10.6. The maximum absolute atomic E-state index is 13.4. The lowest BCUT2D eigenvalue weighted by Gasteiger charge is -2.24. The molecule has 9 heteroatoms. The molecular formula is C28H27N3O5S. The highest BCUT2D eigenvalue weighted by Gasteiger charge is 2.48. The Morgan fingerprint density at radius 3 is 2.41 bits per heavy atom. The number of Topliss-reactive ketones (excluding diaryl/α,β-unsaturated/α-hetero) is 1. The number of ether oxygens (including phenoxy) is 1. The van der Waals surface area contributed by atoms with Crippen molar-refractivity contribution in [2.45, 2.75) is 39.2 Å². The molecule has 1 aliphatic heterocycles. The van der Waals surface area contributed by atoms with Gasteiger partial charge in [0.25, 0.3) is 5.78 Å². The van der Waals surface area contributed by atoms with Crippen LogP contribution in [-0.2, 0) is 19.7 Å².